The van der Waals surface area contributed by atoms with E-state index in [1.807, 2.05) is 13.8 Å². The SMILES string of the molecule is CCNC(=NCc1oc2ccc(F)cc2c1C)NCCCN1CCOCC1.I. The first-order valence-corrected chi connectivity index (χ1v) is 9.67. The number of hydrogen-bond acceptors (Lipinski definition) is 4. The second-order valence-corrected chi connectivity index (χ2v) is 6.72. The molecule has 8 heteroatoms. The standard InChI is InChI=1S/C20H29FN4O2.HI/c1-3-22-20(23-7-4-8-25-9-11-26-12-10-25)24-14-19-15(2)17-13-16(21)5-6-18(17)27-19;/h5-6,13H,3-4,7-12,14H2,1-2H3,(H2,22,23,24);1H. The third kappa shape index (κ3) is 6.31. The van der Waals surface area contributed by atoms with Crippen molar-refractivity contribution in [1.29, 1.82) is 0 Å². The molecule has 0 spiro atoms. The Balaban J connectivity index is 0.00000280. The van der Waals surface area contributed by atoms with Gasteiger partial charge in [-0.15, -0.1) is 24.0 Å². The van der Waals surface area contributed by atoms with Crippen LogP contribution < -0.4 is 10.6 Å². The molecule has 0 amide bonds. The molecule has 1 saturated heterocycles. The smallest absolute Gasteiger partial charge is 0.191 e. The van der Waals surface area contributed by atoms with Gasteiger partial charge in [0.1, 0.15) is 23.7 Å². The topological polar surface area (TPSA) is 62.0 Å². The van der Waals surface area contributed by atoms with E-state index in [4.69, 9.17) is 9.15 Å². The first kappa shape index (κ1) is 22.9. The number of aryl methyl sites for hydroxylation is 1. The van der Waals surface area contributed by atoms with E-state index in [1.54, 1.807) is 6.07 Å². The Kier molecular flexibility index (Phi) is 9.46. The van der Waals surface area contributed by atoms with Crippen molar-refractivity contribution in [2.24, 2.45) is 4.99 Å². The molecule has 0 unspecified atom stereocenters. The first-order valence-electron chi connectivity index (χ1n) is 9.67. The molecule has 1 aromatic carbocycles. The number of fused-ring (bicyclic) bond motifs is 1. The van der Waals surface area contributed by atoms with E-state index in [1.165, 1.54) is 12.1 Å². The number of ether oxygens (including phenoxy) is 1. The lowest BCUT2D eigenvalue weighted by molar-refractivity contribution is 0.0376. The van der Waals surface area contributed by atoms with Gasteiger partial charge in [-0.2, -0.15) is 0 Å². The number of morpholine rings is 1. The number of benzene rings is 1. The van der Waals surface area contributed by atoms with E-state index in [-0.39, 0.29) is 29.8 Å². The minimum absolute atomic E-state index is 0. The van der Waals surface area contributed by atoms with Crippen molar-refractivity contribution in [1.82, 2.24) is 15.5 Å². The van der Waals surface area contributed by atoms with Crippen molar-refractivity contribution in [3.8, 4) is 0 Å². The summed E-state index contributed by atoms with van der Waals surface area (Å²) >= 11 is 0. The maximum atomic E-state index is 13.4. The fourth-order valence-corrected chi connectivity index (χ4v) is 3.22. The van der Waals surface area contributed by atoms with Gasteiger partial charge in [0.25, 0.3) is 0 Å². The number of furan rings is 1. The van der Waals surface area contributed by atoms with Crippen LogP contribution in [0.25, 0.3) is 11.0 Å². The normalized spacial score (nSPS) is 15.5. The number of rotatable bonds is 7. The average Bonchev–Trinajstić information content (AvgIpc) is 2.99. The van der Waals surface area contributed by atoms with Gasteiger partial charge in [-0.1, -0.05) is 0 Å². The van der Waals surface area contributed by atoms with Crippen LogP contribution in [-0.4, -0.2) is 56.8 Å². The van der Waals surface area contributed by atoms with Crippen LogP contribution in [0.5, 0.6) is 0 Å². The van der Waals surface area contributed by atoms with E-state index in [0.29, 0.717) is 12.1 Å². The molecule has 28 heavy (non-hydrogen) atoms. The van der Waals surface area contributed by atoms with Gasteiger partial charge >= 0.3 is 0 Å². The summed E-state index contributed by atoms with van der Waals surface area (Å²) in [4.78, 5) is 7.04. The van der Waals surface area contributed by atoms with Crippen molar-refractivity contribution in [2.45, 2.75) is 26.8 Å². The quantitative estimate of drug-likeness (QED) is 0.263. The fourth-order valence-electron chi connectivity index (χ4n) is 3.22. The fraction of sp³-hybridized carbons (Fsp3) is 0.550. The van der Waals surface area contributed by atoms with Crippen LogP contribution >= 0.6 is 24.0 Å². The summed E-state index contributed by atoms with van der Waals surface area (Å²) in [6.07, 6.45) is 1.05. The zero-order valence-electron chi connectivity index (χ0n) is 16.6. The van der Waals surface area contributed by atoms with E-state index in [9.17, 15) is 4.39 Å². The summed E-state index contributed by atoms with van der Waals surface area (Å²) in [6, 6.07) is 4.59. The van der Waals surface area contributed by atoms with E-state index in [0.717, 1.165) is 75.0 Å². The molecule has 6 nitrogen and oxygen atoms in total. The lowest BCUT2D eigenvalue weighted by Gasteiger charge is -2.26. The Bertz CT molecular complexity index is 775. The van der Waals surface area contributed by atoms with Crippen molar-refractivity contribution < 1.29 is 13.5 Å². The van der Waals surface area contributed by atoms with Gasteiger partial charge in [-0.05, 0) is 45.0 Å². The van der Waals surface area contributed by atoms with Gasteiger partial charge in [0.05, 0.1) is 13.2 Å². The lowest BCUT2D eigenvalue weighted by Crippen LogP contribution is -2.40. The summed E-state index contributed by atoms with van der Waals surface area (Å²) in [7, 11) is 0. The summed E-state index contributed by atoms with van der Waals surface area (Å²) in [5.41, 5.74) is 1.64. The van der Waals surface area contributed by atoms with E-state index < -0.39 is 0 Å². The zero-order chi connectivity index (χ0) is 19.1. The lowest BCUT2D eigenvalue weighted by atomic mass is 10.1. The minimum Gasteiger partial charge on any atom is -0.459 e. The molecule has 2 heterocycles. The Morgan fingerprint density at radius 1 is 1.25 bits per heavy atom. The van der Waals surface area contributed by atoms with Gasteiger partial charge in [0.15, 0.2) is 5.96 Å². The van der Waals surface area contributed by atoms with Crippen molar-refractivity contribution in [2.75, 3.05) is 45.9 Å². The van der Waals surface area contributed by atoms with E-state index >= 15 is 0 Å². The average molecular weight is 504 g/mol. The maximum absolute atomic E-state index is 13.4. The number of nitrogens with one attached hydrogen (secondary N) is 2. The maximum Gasteiger partial charge on any atom is 0.191 e. The Labute approximate surface area is 182 Å². The predicted octanol–water partition coefficient (Wildman–Crippen LogP) is 3.28. The largest absolute Gasteiger partial charge is 0.459 e. The van der Waals surface area contributed by atoms with Crippen LogP contribution in [0.2, 0.25) is 0 Å². The molecule has 1 aliphatic heterocycles. The van der Waals surface area contributed by atoms with Crippen LogP contribution in [0.1, 0.15) is 24.7 Å². The molecule has 3 rings (SSSR count). The predicted molar refractivity (Wildman–Crippen MR) is 121 cm³/mol. The van der Waals surface area contributed by atoms with Crippen LogP contribution in [-0.2, 0) is 11.3 Å². The summed E-state index contributed by atoms with van der Waals surface area (Å²) in [5.74, 6) is 1.28. The van der Waals surface area contributed by atoms with Crippen LogP contribution in [0.15, 0.2) is 27.6 Å². The Morgan fingerprint density at radius 2 is 2.04 bits per heavy atom. The molecule has 1 aliphatic rings. The molecule has 0 aliphatic carbocycles. The highest BCUT2D eigenvalue weighted by Gasteiger charge is 2.12. The van der Waals surface area contributed by atoms with Crippen molar-refractivity contribution >= 4 is 40.9 Å². The Hall–Kier alpha value is -1.39. The summed E-state index contributed by atoms with van der Waals surface area (Å²) in [5, 5.41) is 7.44. The Morgan fingerprint density at radius 3 is 2.79 bits per heavy atom. The first-order chi connectivity index (χ1) is 13.2. The third-order valence-corrected chi connectivity index (χ3v) is 4.77. The highest BCUT2D eigenvalue weighted by atomic mass is 127. The molecule has 2 N–H and O–H groups in total. The summed E-state index contributed by atoms with van der Waals surface area (Å²) < 4.78 is 24.7. The van der Waals surface area contributed by atoms with Gasteiger partial charge < -0.3 is 19.8 Å². The number of aliphatic imine (C=N–C) groups is 1. The third-order valence-electron chi connectivity index (χ3n) is 4.77. The van der Waals surface area contributed by atoms with Crippen LogP contribution in [0, 0.1) is 12.7 Å². The molecular weight excluding hydrogens is 474 g/mol. The van der Waals surface area contributed by atoms with Gasteiger partial charge in [0, 0.05) is 37.1 Å². The van der Waals surface area contributed by atoms with Crippen LogP contribution in [0.3, 0.4) is 0 Å². The highest BCUT2D eigenvalue weighted by Crippen LogP contribution is 2.26. The molecule has 0 atom stereocenters. The molecule has 2 aromatic rings. The number of halogens is 2. The molecule has 0 saturated carbocycles. The van der Waals surface area contributed by atoms with E-state index in [2.05, 4.69) is 20.5 Å². The minimum atomic E-state index is -0.253. The molecular formula is C20H30FIN4O2. The van der Waals surface area contributed by atoms with Gasteiger partial charge in [0.2, 0.25) is 0 Å². The second kappa shape index (κ2) is 11.6. The van der Waals surface area contributed by atoms with Gasteiger partial charge in [-0.3, -0.25) is 4.90 Å². The summed E-state index contributed by atoms with van der Waals surface area (Å²) in [6.45, 7) is 10.8. The molecule has 1 fully saturated rings. The molecule has 0 radical (unpaired) electrons. The van der Waals surface area contributed by atoms with Crippen molar-refractivity contribution in [3.05, 3.63) is 35.3 Å². The number of guanidine groups is 1. The monoisotopic (exact) mass is 504 g/mol. The number of nitrogens with zero attached hydrogens (tertiary/aromatic N) is 2. The van der Waals surface area contributed by atoms with Gasteiger partial charge in [-0.25, -0.2) is 9.38 Å². The van der Waals surface area contributed by atoms with Crippen molar-refractivity contribution in [3.63, 3.8) is 0 Å². The highest BCUT2D eigenvalue weighted by molar-refractivity contribution is 14.0. The van der Waals surface area contributed by atoms with Crippen LogP contribution in [0.4, 0.5) is 4.39 Å². The number of hydrogen-bond donors (Lipinski definition) is 2. The molecule has 0 bridgehead atoms. The zero-order valence-corrected chi connectivity index (χ0v) is 18.9. The molecule has 156 valence electrons. The second-order valence-electron chi connectivity index (χ2n) is 6.72. The molecule has 1 aromatic heterocycles.